The fourth-order valence-corrected chi connectivity index (χ4v) is 3.16. The summed E-state index contributed by atoms with van der Waals surface area (Å²) >= 11 is 2.09. The van der Waals surface area contributed by atoms with Gasteiger partial charge in [0, 0.05) is 31.7 Å². The van der Waals surface area contributed by atoms with Gasteiger partial charge in [0.25, 0.3) is 0 Å². The van der Waals surface area contributed by atoms with Crippen LogP contribution in [0.1, 0.15) is 39.0 Å². The molecule has 1 aliphatic heterocycles. The van der Waals surface area contributed by atoms with E-state index < -0.39 is 0 Å². The van der Waals surface area contributed by atoms with Crippen LogP contribution in [0.4, 0.5) is 0 Å². The molecule has 1 atom stereocenters. The minimum atomic E-state index is 0.499. The average molecular weight is 245 g/mol. The highest BCUT2D eigenvalue weighted by Crippen LogP contribution is 2.13. The molecule has 0 amide bonds. The summed E-state index contributed by atoms with van der Waals surface area (Å²) in [4.78, 5) is 2.60. The number of nitrogens with zero attached hydrogens (tertiary/aromatic N) is 1. The Morgan fingerprint density at radius 3 is 2.50 bits per heavy atom. The van der Waals surface area contributed by atoms with Crippen LogP contribution < -0.4 is 0 Å². The summed E-state index contributed by atoms with van der Waals surface area (Å²) in [5.41, 5.74) is 0. The van der Waals surface area contributed by atoms with Gasteiger partial charge >= 0.3 is 0 Å². The van der Waals surface area contributed by atoms with E-state index in [1.54, 1.807) is 0 Å². The summed E-state index contributed by atoms with van der Waals surface area (Å²) < 4.78 is 5.52. The predicted octanol–water partition coefficient (Wildman–Crippen LogP) is 3.02. The maximum atomic E-state index is 5.52. The molecule has 0 aromatic carbocycles. The normalized spacial score (nSPS) is 19.9. The smallest absolute Gasteiger partial charge is 0.0571 e. The first-order valence-electron chi connectivity index (χ1n) is 6.69. The topological polar surface area (TPSA) is 12.5 Å². The predicted molar refractivity (Wildman–Crippen MR) is 73.3 cm³/mol. The highest BCUT2D eigenvalue weighted by atomic mass is 32.2. The van der Waals surface area contributed by atoms with Crippen molar-refractivity contribution in [3.8, 4) is 0 Å². The highest BCUT2D eigenvalue weighted by Gasteiger charge is 2.11. The lowest BCUT2D eigenvalue weighted by molar-refractivity contribution is 0.0813. The molecule has 0 unspecified atom stereocenters. The molecule has 0 saturated carbocycles. The van der Waals surface area contributed by atoms with Gasteiger partial charge in [0.2, 0.25) is 0 Å². The number of ether oxygens (including phenoxy) is 1. The van der Waals surface area contributed by atoms with Crippen LogP contribution in [0.15, 0.2) is 0 Å². The Hall–Kier alpha value is 0.270. The van der Waals surface area contributed by atoms with E-state index in [1.807, 2.05) is 7.11 Å². The van der Waals surface area contributed by atoms with Crippen LogP contribution in [-0.4, -0.2) is 49.3 Å². The van der Waals surface area contributed by atoms with Gasteiger partial charge in [-0.2, -0.15) is 11.8 Å². The third kappa shape index (κ3) is 6.12. The fourth-order valence-electron chi connectivity index (χ4n) is 2.18. The zero-order valence-electron chi connectivity index (χ0n) is 10.9. The maximum Gasteiger partial charge on any atom is 0.0571 e. The van der Waals surface area contributed by atoms with Gasteiger partial charge in [0.15, 0.2) is 0 Å². The second-order valence-corrected chi connectivity index (χ2v) is 5.82. The van der Waals surface area contributed by atoms with E-state index in [4.69, 9.17) is 4.74 Å². The lowest BCUT2D eigenvalue weighted by atomic mass is 10.1. The quantitative estimate of drug-likeness (QED) is 0.652. The van der Waals surface area contributed by atoms with E-state index >= 15 is 0 Å². The first-order valence-corrected chi connectivity index (χ1v) is 7.85. The van der Waals surface area contributed by atoms with Crippen molar-refractivity contribution in [3.05, 3.63) is 0 Å². The molecule has 1 heterocycles. The Kier molecular flexibility index (Phi) is 8.34. The molecule has 1 aliphatic rings. The lowest BCUT2D eigenvalue weighted by Crippen LogP contribution is -2.33. The summed E-state index contributed by atoms with van der Waals surface area (Å²) in [6.07, 6.45) is 6.86. The summed E-state index contributed by atoms with van der Waals surface area (Å²) in [6.45, 7) is 6.10. The van der Waals surface area contributed by atoms with Gasteiger partial charge in [0.1, 0.15) is 0 Å². The van der Waals surface area contributed by atoms with Gasteiger partial charge in [-0.3, -0.25) is 0 Å². The zero-order valence-corrected chi connectivity index (χ0v) is 11.7. The largest absolute Gasteiger partial charge is 0.381 e. The third-order valence-electron chi connectivity index (χ3n) is 3.32. The fraction of sp³-hybridized carbons (Fsp3) is 1.00. The molecular formula is C13H27NOS. The van der Waals surface area contributed by atoms with Crippen LogP contribution in [0.2, 0.25) is 0 Å². The van der Waals surface area contributed by atoms with Crippen molar-refractivity contribution >= 4 is 11.8 Å². The number of unbranched alkanes of at least 4 members (excludes halogenated alkanes) is 1. The molecule has 96 valence electrons. The summed E-state index contributed by atoms with van der Waals surface area (Å²) in [5.74, 6) is 2.65. The molecule has 16 heavy (non-hydrogen) atoms. The SMILES string of the molecule is CCCC[C@H](CCCN1CCSCC1)OC. The average Bonchev–Trinajstić information content (AvgIpc) is 2.35. The molecule has 0 radical (unpaired) electrons. The van der Waals surface area contributed by atoms with E-state index in [1.165, 1.54) is 63.2 Å². The minimum Gasteiger partial charge on any atom is -0.381 e. The second kappa shape index (κ2) is 9.32. The molecule has 0 aromatic heterocycles. The van der Waals surface area contributed by atoms with Gasteiger partial charge in [-0.15, -0.1) is 0 Å². The summed E-state index contributed by atoms with van der Waals surface area (Å²) in [5, 5.41) is 0. The van der Waals surface area contributed by atoms with E-state index in [0.29, 0.717) is 6.10 Å². The maximum absolute atomic E-state index is 5.52. The standard InChI is InChI=1S/C13H27NOS/c1-3-4-6-13(15-2)7-5-8-14-9-11-16-12-10-14/h13H,3-12H2,1-2H3/t13-/m1/s1. The second-order valence-electron chi connectivity index (χ2n) is 4.60. The number of thioether (sulfide) groups is 1. The molecular weight excluding hydrogens is 218 g/mol. The molecule has 0 aromatic rings. The van der Waals surface area contributed by atoms with Crippen LogP contribution in [-0.2, 0) is 4.74 Å². The molecule has 0 spiro atoms. The third-order valence-corrected chi connectivity index (χ3v) is 4.26. The number of hydrogen-bond donors (Lipinski definition) is 0. The number of methoxy groups -OCH3 is 1. The van der Waals surface area contributed by atoms with Crippen molar-refractivity contribution in [2.24, 2.45) is 0 Å². The molecule has 0 aliphatic carbocycles. The Morgan fingerprint density at radius 1 is 1.19 bits per heavy atom. The first-order chi connectivity index (χ1) is 7.86. The Labute approximate surface area is 105 Å². The molecule has 2 nitrogen and oxygen atoms in total. The molecule has 0 N–H and O–H groups in total. The Bertz CT molecular complexity index is 160. The lowest BCUT2D eigenvalue weighted by Gasteiger charge is -2.26. The van der Waals surface area contributed by atoms with Crippen molar-refractivity contribution in [2.45, 2.75) is 45.1 Å². The van der Waals surface area contributed by atoms with Gasteiger partial charge in [-0.05, 0) is 25.8 Å². The number of hydrogen-bond acceptors (Lipinski definition) is 3. The van der Waals surface area contributed by atoms with Crippen LogP contribution in [0.25, 0.3) is 0 Å². The monoisotopic (exact) mass is 245 g/mol. The highest BCUT2D eigenvalue weighted by molar-refractivity contribution is 7.99. The van der Waals surface area contributed by atoms with E-state index in [0.717, 1.165) is 0 Å². The summed E-state index contributed by atoms with van der Waals surface area (Å²) in [6, 6.07) is 0. The molecule has 1 fully saturated rings. The van der Waals surface area contributed by atoms with Gasteiger partial charge in [0.05, 0.1) is 6.10 Å². The Morgan fingerprint density at radius 2 is 1.88 bits per heavy atom. The van der Waals surface area contributed by atoms with Crippen LogP contribution >= 0.6 is 11.8 Å². The van der Waals surface area contributed by atoms with Crippen LogP contribution in [0.3, 0.4) is 0 Å². The number of rotatable bonds is 8. The van der Waals surface area contributed by atoms with Crippen LogP contribution in [0.5, 0.6) is 0 Å². The van der Waals surface area contributed by atoms with E-state index in [2.05, 4.69) is 23.6 Å². The zero-order chi connectivity index (χ0) is 11.6. The van der Waals surface area contributed by atoms with E-state index in [9.17, 15) is 0 Å². The summed E-state index contributed by atoms with van der Waals surface area (Å²) in [7, 11) is 1.86. The van der Waals surface area contributed by atoms with Gasteiger partial charge in [-0.1, -0.05) is 19.8 Å². The van der Waals surface area contributed by atoms with Crippen molar-refractivity contribution in [1.82, 2.24) is 4.90 Å². The van der Waals surface area contributed by atoms with Gasteiger partial charge < -0.3 is 9.64 Å². The van der Waals surface area contributed by atoms with Crippen LogP contribution in [0, 0.1) is 0 Å². The Balaban J connectivity index is 2.02. The first kappa shape index (κ1) is 14.3. The van der Waals surface area contributed by atoms with Crippen molar-refractivity contribution in [2.75, 3.05) is 38.2 Å². The van der Waals surface area contributed by atoms with Crippen molar-refractivity contribution in [3.63, 3.8) is 0 Å². The molecule has 3 heteroatoms. The molecule has 1 rings (SSSR count). The minimum absolute atomic E-state index is 0.499. The van der Waals surface area contributed by atoms with Crippen molar-refractivity contribution in [1.29, 1.82) is 0 Å². The van der Waals surface area contributed by atoms with Gasteiger partial charge in [-0.25, -0.2) is 0 Å². The molecule has 1 saturated heterocycles. The molecule has 0 bridgehead atoms. The van der Waals surface area contributed by atoms with Crippen molar-refractivity contribution < 1.29 is 4.74 Å². The van der Waals surface area contributed by atoms with E-state index in [-0.39, 0.29) is 0 Å².